The molecule has 3 N–H and O–H groups in total. The van der Waals surface area contributed by atoms with Crippen LogP contribution in [-0.2, 0) is 0 Å². The predicted octanol–water partition coefficient (Wildman–Crippen LogP) is 1.60. The van der Waals surface area contributed by atoms with Gasteiger partial charge in [-0.2, -0.15) is 0 Å². The van der Waals surface area contributed by atoms with E-state index in [0.29, 0.717) is 18.7 Å². The van der Waals surface area contributed by atoms with E-state index in [0.717, 1.165) is 22.0 Å². The van der Waals surface area contributed by atoms with Crippen molar-refractivity contribution in [2.24, 2.45) is 0 Å². The van der Waals surface area contributed by atoms with Crippen molar-refractivity contribution in [2.75, 3.05) is 26.3 Å². The number of benzene rings is 1. The molecule has 1 aromatic carbocycles. The van der Waals surface area contributed by atoms with Crippen molar-refractivity contribution in [1.29, 1.82) is 0 Å². The fourth-order valence-corrected chi connectivity index (χ4v) is 2.51. The van der Waals surface area contributed by atoms with E-state index in [1.165, 1.54) is 0 Å². The van der Waals surface area contributed by atoms with Gasteiger partial charge in [0, 0.05) is 30.6 Å². The number of nitrogens with zero attached hydrogens (tertiary/aromatic N) is 1. The number of aryl methyl sites for hydroxylation is 2. The summed E-state index contributed by atoms with van der Waals surface area (Å²) >= 11 is 0. The lowest BCUT2D eigenvalue weighted by atomic mass is 10.1. The van der Waals surface area contributed by atoms with E-state index in [1.807, 2.05) is 26.0 Å². The van der Waals surface area contributed by atoms with Gasteiger partial charge in [-0.3, -0.25) is 4.79 Å². The molecule has 0 bridgehead atoms. The van der Waals surface area contributed by atoms with Crippen molar-refractivity contribution in [3.8, 4) is 0 Å². The summed E-state index contributed by atoms with van der Waals surface area (Å²) in [4.78, 5) is 17.4. The quantitative estimate of drug-likeness (QED) is 0.756. The minimum atomic E-state index is -0.135. The zero-order valence-corrected chi connectivity index (χ0v) is 12.5. The third-order valence-corrected chi connectivity index (χ3v) is 3.67. The lowest BCUT2D eigenvalue weighted by Crippen LogP contribution is -2.35. The van der Waals surface area contributed by atoms with Gasteiger partial charge in [-0.05, 0) is 38.0 Å². The van der Waals surface area contributed by atoms with Crippen molar-refractivity contribution >= 4 is 16.8 Å². The van der Waals surface area contributed by atoms with Gasteiger partial charge in [-0.1, -0.05) is 11.6 Å². The number of carbonyl (C=O) groups excluding carboxylic acids is 1. The zero-order chi connectivity index (χ0) is 15.4. The highest BCUT2D eigenvalue weighted by Crippen LogP contribution is 2.23. The van der Waals surface area contributed by atoms with E-state index in [-0.39, 0.29) is 25.7 Å². The Labute approximate surface area is 124 Å². The van der Waals surface area contributed by atoms with Gasteiger partial charge < -0.3 is 20.1 Å². The molecule has 1 aromatic heterocycles. The summed E-state index contributed by atoms with van der Waals surface area (Å²) in [6.07, 6.45) is 0.504. The number of aromatic nitrogens is 1. The summed E-state index contributed by atoms with van der Waals surface area (Å²) in [6.45, 7) is 4.59. The molecule has 5 heteroatoms. The molecule has 0 aliphatic carbocycles. The van der Waals surface area contributed by atoms with Gasteiger partial charge in [0.05, 0.1) is 6.61 Å². The molecule has 0 saturated heterocycles. The van der Waals surface area contributed by atoms with Crippen LogP contribution in [0, 0.1) is 13.8 Å². The summed E-state index contributed by atoms with van der Waals surface area (Å²) < 4.78 is 0. The summed E-state index contributed by atoms with van der Waals surface area (Å²) in [5, 5.41) is 19.1. The molecule has 0 aliphatic rings. The lowest BCUT2D eigenvalue weighted by molar-refractivity contribution is 0.0704. The molecular weight excluding hydrogens is 268 g/mol. The van der Waals surface area contributed by atoms with Gasteiger partial charge in [0.2, 0.25) is 0 Å². The number of carbonyl (C=O) groups is 1. The number of hydrogen-bond acceptors (Lipinski definition) is 3. The van der Waals surface area contributed by atoms with Gasteiger partial charge in [-0.15, -0.1) is 0 Å². The van der Waals surface area contributed by atoms with Crippen LogP contribution in [0.4, 0.5) is 0 Å². The summed E-state index contributed by atoms with van der Waals surface area (Å²) in [5.41, 5.74) is 3.57. The van der Waals surface area contributed by atoms with Gasteiger partial charge in [0.15, 0.2) is 0 Å². The lowest BCUT2D eigenvalue weighted by Gasteiger charge is -2.21. The van der Waals surface area contributed by atoms with E-state index in [2.05, 4.69) is 11.1 Å². The topological polar surface area (TPSA) is 76.6 Å². The standard InChI is InChI=1S/C16H22N2O3/c1-11-4-5-14-13(10-11)12(2)15(17-14)16(21)18(7-9-20)6-3-8-19/h4-5,10,17,19-20H,3,6-9H2,1-2H3. The van der Waals surface area contributed by atoms with Crippen molar-refractivity contribution in [2.45, 2.75) is 20.3 Å². The molecule has 0 spiro atoms. The third kappa shape index (κ3) is 3.25. The highest BCUT2D eigenvalue weighted by molar-refractivity contribution is 6.01. The van der Waals surface area contributed by atoms with Crippen molar-refractivity contribution in [3.63, 3.8) is 0 Å². The molecule has 0 fully saturated rings. The van der Waals surface area contributed by atoms with E-state index in [4.69, 9.17) is 10.2 Å². The van der Waals surface area contributed by atoms with Crippen LogP contribution in [0.1, 0.15) is 28.0 Å². The maximum atomic E-state index is 12.6. The first kappa shape index (κ1) is 15.5. The van der Waals surface area contributed by atoms with Crippen molar-refractivity contribution in [3.05, 3.63) is 35.0 Å². The zero-order valence-electron chi connectivity index (χ0n) is 12.5. The normalized spacial score (nSPS) is 11.0. The fourth-order valence-electron chi connectivity index (χ4n) is 2.51. The number of H-pyrrole nitrogens is 1. The van der Waals surface area contributed by atoms with Crippen LogP contribution in [0.25, 0.3) is 10.9 Å². The predicted molar refractivity (Wildman–Crippen MR) is 82.5 cm³/mol. The second-order valence-electron chi connectivity index (χ2n) is 5.27. The Morgan fingerprint density at radius 3 is 2.62 bits per heavy atom. The SMILES string of the molecule is Cc1ccc2[nH]c(C(=O)N(CCO)CCCO)c(C)c2c1. The van der Waals surface area contributed by atoms with Crippen LogP contribution < -0.4 is 0 Å². The Bertz CT molecular complexity index is 634. The molecule has 0 aliphatic heterocycles. The molecule has 1 amide bonds. The number of hydrogen-bond donors (Lipinski definition) is 3. The van der Waals surface area contributed by atoms with Crippen LogP contribution in [0.5, 0.6) is 0 Å². The Morgan fingerprint density at radius 1 is 1.19 bits per heavy atom. The fraction of sp³-hybridized carbons (Fsp3) is 0.438. The molecule has 5 nitrogen and oxygen atoms in total. The highest BCUT2D eigenvalue weighted by Gasteiger charge is 2.20. The van der Waals surface area contributed by atoms with Crippen LogP contribution in [0.15, 0.2) is 18.2 Å². The molecule has 21 heavy (non-hydrogen) atoms. The third-order valence-electron chi connectivity index (χ3n) is 3.67. The number of aromatic amines is 1. The average Bonchev–Trinajstić information content (AvgIpc) is 2.80. The Hall–Kier alpha value is -1.85. The Balaban J connectivity index is 2.34. The average molecular weight is 290 g/mol. The number of aliphatic hydroxyl groups excluding tert-OH is 2. The Kier molecular flexibility index (Phi) is 4.98. The summed E-state index contributed by atoms with van der Waals surface area (Å²) in [5.74, 6) is -0.135. The first-order valence-electron chi connectivity index (χ1n) is 7.18. The molecule has 1 heterocycles. The van der Waals surface area contributed by atoms with Crippen LogP contribution in [0.3, 0.4) is 0 Å². The minimum absolute atomic E-state index is 0.0279. The molecule has 2 rings (SSSR count). The molecule has 2 aromatic rings. The number of aliphatic hydroxyl groups is 2. The number of rotatable bonds is 6. The van der Waals surface area contributed by atoms with E-state index in [1.54, 1.807) is 4.90 Å². The largest absolute Gasteiger partial charge is 0.396 e. The van der Waals surface area contributed by atoms with E-state index >= 15 is 0 Å². The molecule has 0 saturated carbocycles. The maximum Gasteiger partial charge on any atom is 0.270 e. The monoisotopic (exact) mass is 290 g/mol. The summed E-state index contributed by atoms with van der Waals surface area (Å²) in [7, 11) is 0. The van der Waals surface area contributed by atoms with Gasteiger partial charge in [0.1, 0.15) is 5.69 Å². The van der Waals surface area contributed by atoms with E-state index < -0.39 is 0 Å². The number of amides is 1. The Morgan fingerprint density at radius 2 is 1.95 bits per heavy atom. The molecular formula is C16H22N2O3. The minimum Gasteiger partial charge on any atom is -0.396 e. The smallest absolute Gasteiger partial charge is 0.270 e. The van der Waals surface area contributed by atoms with Crippen molar-refractivity contribution < 1.29 is 15.0 Å². The van der Waals surface area contributed by atoms with Crippen LogP contribution in [-0.4, -0.2) is 52.3 Å². The highest BCUT2D eigenvalue weighted by atomic mass is 16.3. The first-order valence-corrected chi connectivity index (χ1v) is 7.18. The molecule has 114 valence electrons. The van der Waals surface area contributed by atoms with Gasteiger partial charge >= 0.3 is 0 Å². The molecule has 0 atom stereocenters. The van der Waals surface area contributed by atoms with Gasteiger partial charge in [-0.25, -0.2) is 0 Å². The maximum absolute atomic E-state index is 12.6. The molecule has 0 radical (unpaired) electrons. The molecule has 0 unspecified atom stereocenters. The number of nitrogens with one attached hydrogen (secondary N) is 1. The van der Waals surface area contributed by atoms with E-state index in [9.17, 15) is 4.79 Å². The first-order chi connectivity index (χ1) is 10.1. The van der Waals surface area contributed by atoms with Gasteiger partial charge in [0.25, 0.3) is 5.91 Å². The number of fused-ring (bicyclic) bond motifs is 1. The summed E-state index contributed by atoms with van der Waals surface area (Å²) in [6, 6.07) is 6.03. The second kappa shape index (κ2) is 6.74. The second-order valence-corrected chi connectivity index (χ2v) is 5.27. The van der Waals surface area contributed by atoms with Crippen molar-refractivity contribution in [1.82, 2.24) is 9.88 Å². The van der Waals surface area contributed by atoms with Crippen LogP contribution >= 0.6 is 0 Å². The van der Waals surface area contributed by atoms with Crippen LogP contribution in [0.2, 0.25) is 0 Å².